The van der Waals surface area contributed by atoms with Gasteiger partial charge in [0.05, 0.1) is 6.54 Å². The number of primary amides is 1. The number of aromatic nitrogens is 2. The summed E-state index contributed by atoms with van der Waals surface area (Å²) in [5.41, 5.74) is 6.61. The van der Waals surface area contributed by atoms with E-state index < -0.39 is 6.03 Å². The van der Waals surface area contributed by atoms with Crippen molar-refractivity contribution in [2.45, 2.75) is 6.54 Å². The highest BCUT2D eigenvalue weighted by Gasteiger charge is 2.00. The van der Waals surface area contributed by atoms with Gasteiger partial charge in [-0.25, -0.2) is 9.78 Å². The Labute approximate surface area is 105 Å². The minimum Gasteiger partial charge on any atom is -0.378 e. The standard InChI is InChI=1S/C12H15N5O/c1-17-6-5-14-11(17)8-15-9-3-2-4-10(7-9)16-12(13)18/h2-7,15H,8H2,1H3,(H3,13,16,18). The summed E-state index contributed by atoms with van der Waals surface area (Å²) < 4.78 is 1.94. The maximum absolute atomic E-state index is 10.7. The summed E-state index contributed by atoms with van der Waals surface area (Å²) in [4.78, 5) is 15.0. The van der Waals surface area contributed by atoms with Gasteiger partial charge >= 0.3 is 6.03 Å². The van der Waals surface area contributed by atoms with Gasteiger partial charge in [-0.1, -0.05) is 6.07 Å². The minimum absolute atomic E-state index is 0.573. The summed E-state index contributed by atoms with van der Waals surface area (Å²) >= 11 is 0. The molecule has 0 saturated carbocycles. The predicted octanol–water partition coefficient (Wildman–Crippen LogP) is 1.52. The van der Waals surface area contributed by atoms with Crippen molar-refractivity contribution < 1.29 is 4.79 Å². The quantitative estimate of drug-likeness (QED) is 0.763. The summed E-state index contributed by atoms with van der Waals surface area (Å²) in [6.45, 7) is 0.615. The fourth-order valence-corrected chi connectivity index (χ4v) is 1.60. The molecular weight excluding hydrogens is 230 g/mol. The van der Waals surface area contributed by atoms with E-state index in [-0.39, 0.29) is 0 Å². The average Bonchev–Trinajstić information content (AvgIpc) is 2.72. The van der Waals surface area contributed by atoms with E-state index in [0.717, 1.165) is 11.5 Å². The van der Waals surface area contributed by atoms with Crippen LogP contribution in [0.15, 0.2) is 36.7 Å². The average molecular weight is 245 g/mol. The lowest BCUT2D eigenvalue weighted by molar-refractivity contribution is 0.259. The third kappa shape index (κ3) is 3.00. The van der Waals surface area contributed by atoms with Crippen molar-refractivity contribution in [1.29, 1.82) is 0 Å². The number of hydrogen-bond acceptors (Lipinski definition) is 3. The molecule has 0 atom stereocenters. The van der Waals surface area contributed by atoms with Crippen LogP contribution in [-0.2, 0) is 13.6 Å². The van der Waals surface area contributed by atoms with E-state index in [2.05, 4.69) is 15.6 Å². The summed E-state index contributed by atoms with van der Waals surface area (Å²) in [5, 5.41) is 5.75. The van der Waals surface area contributed by atoms with Crippen molar-refractivity contribution in [2.75, 3.05) is 10.6 Å². The molecule has 6 heteroatoms. The number of carbonyl (C=O) groups excluding carboxylic acids is 1. The predicted molar refractivity (Wildman–Crippen MR) is 70.2 cm³/mol. The number of nitrogens with zero attached hydrogens (tertiary/aromatic N) is 2. The molecule has 2 aromatic rings. The van der Waals surface area contributed by atoms with Gasteiger partial charge in [-0.05, 0) is 18.2 Å². The van der Waals surface area contributed by atoms with Gasteiger partial charge in [0.25, 0.3) is 0 Å². The Bertz CT molecular complexity index is 549. The molecule has 1 heterocycles. The minimum atomic E-state index is -0.573. The molecule has 0 saturated heterocycles. The van der Waals surface area contributed by atoms with E-state index in [4.69, 9.17) is 5.73 Å². The lowest BCUT2D eigenvalue weighted by Crippen LogP contribution is -2.19. The first-order chi connectivity index (χ1) is 8.65. The molecule has 4 N–H and O–H groups in total. The molecule has 18 heavy (non-hydrogen) atoms. The van der Waals surface area contributed by atoms with Crippen molar-refractivity contribution in [3.63, 3.8) is 0 Å². The molecule has 1 aromatic heterocycles. The largest absolute Gasteiger partial charge is 0.378 e. The normalized spacial score (nSPS) is 10.1. The van der Waals surface area contributed by atoms with Gasteiger partial charge in [-0.2, -0.15) is 0 Å². The maximum Gasteiger partial charge on any atom is 0.316 e. The monoisotopic (exact) mass is 245 g/mol. The maximum atomic E-state index is 10.7. The van der Waals surface area contributed by atoms with Crippen molar-refractivity contribution in [3.05, 3.63) is 42.5 Å². The smallest absolute Gasteiger partial charge is 0.316 e. The van der Waals surface area contributed by atoms with Crippen LogP contribution in [0.3, 0.4) is 0 Å². The number of imidazole rings is 1. The number of aryl methyl sites for hydroxylation is 1. The summed E-state index contributed by atoms with van der Waals surface area (Å²) in [7, 11) is 1.94. The molecule has 2 rings (SSSR count). The Hall–Kier alpha value is -2.50. The van der Waals surface area contributed by atoms with Gasteiger partial charge in [-0.15, -0.1) is 0 Å². The van der Waals surface area contributed by atoms with Crippen LogP contribution in [0.5, 0.6) is 0 Å². The Balaban J connectivity index is 2.01. The molecule has 0 aliphatic carbocycles. The van der Waals surface area contributed by atoms with Crippen LogP contribution in [0.4, 0.5) is 16.2 Å². The molecule has 0 fully saturated rings. The van der Waals surface area contributed by atoms with Crippen molar-refractivity contribution in [1.82, 2.24) is 9.55 Å². The van der Waals surface area contributed by atoms with Crippen LogP contribution in [-0.4, -0.2) is 15.6 Å². The molecule has 0 bridgehead atoms. The van der Waals surface area contributed by atoms with Crippen LogP contribution in [0.25, 0.3) is 0 Å². The number of rotatable bonds is 4. The van der Waals surface area contributed by atoms with Crippen LogP contribution >= 0.6 is 0 Å². The lowest BCUT2D eigenvalue weighted by atomic mass is 10.2. The molecule has 2 amide bonds. The van der Waals surface area contributed by atoms with Crippen molar-refractivity contribution >= 4 is 17.4 Å². The number of benzene rings is 1. The highest BCUT2D eigenvalue weighted by atomic mass is 16.2. The molecule has 94 valence electrons. The summed E-state index contributed by atoms with van der Waals surface area (Å²) in [5.74, 6) is 0.934. The third-order valence-electron chi connectivity index (χ3n) is 2.50. The second kappa shape index (κ2) is 5.22. The fourth-order valence-electron chi connectivity index (χ4n) is 1.60. The zero-order valence-corrected chi connectivity index (χ0v) is 10.1. The highest BCUT2D eigenvalue weighted by Crippen LogP contribution is 2.15. The Morgan fingerprint density at radius 1 is 1.44 bits per heavy atom. The number of carbonyl (C=O) groups is 1. The van der Waals surface area contributed by atoms with Crippen molar-refractivity contribution in [2.24, 2.45) is 12.8 Å². The van der Waals surface area contributed by atoms with Crippen LogP contribution in [0.1, 0.15) is 5.82 Å². The Morgan fingerprint density at radius 3 is 2.89 bits per heavy atom. The van der Waals surface area contributed by atoms with Gasteiger partial charge in [0.2, 0.25) is 0 Å². The van der Waals surface area contributed by atoms with Crippen LogP contribution in [0, 0.1) is 0 Å². The van der Waals surface area contributed by atoms with E-state index in [1.807, 2.05) is 36.0 Å². The Morgan fingerprint density at radius 2 is 2.22 bits per heavy atom. The highest BCUT2D eigenvalue weighted by molar-refractivity contribution is 5.88. The summed E-state index contributed by atoms with van der Waals surface area (Å²) in [6.07, 6.45) is 3.64. The second-order valence-corrected chi connectivity index (χ2v) is 3.88. The number of nitrogens with two attached hydrogens (primary N) is 1. The summed E-state index contributed by atoms with van der Waals surface area (Å²) in [6, 6.07) is 6.77. The van der Waals surface area contributed by atoms with Gasteiger partial charge < -0.3 is 20.9 Å². The molecule has 0 aliphatic rings. The van der Waals surface area contributed by atoms with E-state index in [9.17, 15) is 4.79 Å². The number of amides is 2. The molecule has 1 aromatic carbocycles. The third-order valence-corrected chi connectivity index (χ3v) is 2.50. The number of anilines is 2. The van der Waals surface area contributed by atoms with E-state index in [1.165, 1.54) is 0 Å². The Kier molecular flexibility index (Phi) is 3.47. The van der Waals surface area contributed by atoms with Gasteiger partial charge in [0.15, 0.2) is 0 Å². The van der Waals surface area contributed by atoms with Gasteiger partial charge in [-0.3, -0.25) is 0 Å². The van der Waals surface area contributed by atoms with E-state index in [0.29, 0.717) is 12.2 Å². The van der Waals surface area contributed by atoms with E-state index >= 15 is 0 Å². The molecule has 0 radical (unpaired) electrons. The SMILES string of the molecule is Cn1ccnc1CNc1cccc(NC(N)=O)c1. The number of nitrogens with one attached hydrogen (secondary N) is 2. The van der Waals surface area contributed by atoms with Gasteiger partial charge in [0.1, 0.15) is 5.82 Å². The van der Waals surface area contributed by atoms with E-state index in [1.54, 1.807) is 12.3 Å². The zero-order chi connectivity index (χ0) is 13.0. The zero-order valence-electron chi connectivity index (χ0n) is 10.1. The molecule has 0 spiro atoms. The van der Waals surface area contributed by atoms with Crippen molar-refractivity contribution in [3.8, 4) is 0 Å². The first-order valence-corrected chi connectivity index (χ1v) is 5.52. The van der Waals surface area contributed by atoms with Crippen LogP contribution in [0.2, 0.25) is 0 Å². The molecule has 6 nitrogen and oxygen atoms in total. The second-order valence-electron chi connectivity index (χ2n) is 3.88. The topological polar surface area (TPSA) is 85.0 Å². The molecule has 0 aliphatic heterocycles. The first-order valence-electron chi connectivity index (χ1n) is 5.52. The molecule has 0 unspecified atom stereocenters. The lowest BCUT2D eigenvalue weighted by Gasteiger charge is -2.08. The van der Waals surface area contributed by atoms with Gasteiger partial charge in [0, 0.05) is 30.8 Å². The van der Waals surface area contributed by atoms with Crippen LogP contribution < -0.4 is 16.4 Å². The number of hydrogen-bond donors (Lipinski definition) is 3. The first kappa shape index (κ1) is 12.0. The fraction of sp³-hybridized carbons (Fsp3) is 0.167. The molecular formula is C12H15N5O. The number of urea groups is 1.